The Morgan fingerprint density at radius 1 is 1.25 bits per heavy atom. The zero-order valence-corrected chi connectivity index (χ0v) is 12.1. The Morgan fingerprint density at radius 3 is 2.50 bits per heavy atom. The van der Waals surface area contributed by atoms with Gasteiger partial charge in [-0.15, -0.1) is 0 Å². The number of aryl methyl sites for hydroxylation is 1. The van der Waals surface area contributed by atoms with E-state index >= 15 is 0 Å². The second kappa shape index (κ2) is 6.48. The maximum atomic E-state index is 9.08. The summed E-state index contributed by atoms with van der Waals surface area (Å²) < 4.78 is 5.62. The molecule has 1 unspecified atom stereocenters. The van der Waals surface area contributed by atoms with Crippen LogP contribution in [0.3, 0.4) is 0 Å². The summed E-state index contributed by atoms with van der Waals surface area (Å²) in [5.41, 5.74) is 2.74. The molecule has 0 fully saturated rings. The summed E-state index contributed by atoms with van der Waals surface area (Å²) in [7, 11) is 0. The van der Waals surface area contributed by atoms with Crippen molar-refractivity contribution in [3.63, 3.8) is 0 Å². The van der Waals surface area contributed by atoms with Crippen LogP contribution >= 0.6 is 0 Å². The van der Waals surface area contributed by atoms with Gasteiger partial charge >= 0.3 is 6.01 Å². The lowest BCUT2D eigenvalue weighted by molar-refractivity contribution is 0.279. The molecule has 2 rings (SSSR count). The van der Waals surface area contributed by atoms with E-state index in [-0.39, 0.29) is 6.61 Å². The third kappa shape index (κ3) is 3.33. The average Bonchev–Trinajstić information content (AvgIpc) is 2.47. The van der Waals surface area contributed by atoms with Crippen molar-refractivity contribution in [1.29, 1.82) is 0 Å². The summed E-state index contributed by atoms with van der Waals surface area (Å²) in [5, 5.41) is 9.08. The minimum Gasteiger partial charge on any atom is -0.424 e. The van der Waals surface area contributed by atoms with Gasteiger partial charge in [0.1, 0.15) is 5.75 Å². The first kappa shape index (κ1) is 14.5. The van der Waals surface area contributed by atoms with Gasteiger partial charge in [0, 0.05) is 11.8 Å². The molecule has 0 saturated heterocycles. The van der Waals surface area contributed by atoms with Crippen molar-refractivity contribution in [2.24, 2.45) is 0 Å². The van der Waals surface area contributed by atoms with Crippen molar-refractivity contribution >= 4 is 0 Å². The van der Waals surface area contributed by atoms with E-state index in [4.69, 9.17) is 9.84 Å². The van der Waals surface area contributed by atoms with E-state index in [0.717, 1.165) is 12.1 Å². The Morgan fingerprint density at radius 2 is 1.95 bits per heavy atom. The molecule has 1 aromatic heterocycles. The molecule has 0 aliphatic heterocycles. The molecule has 0 saturated carbocycles. The molecule has 1 N–H and O–H groups in total. The van der Waals surface area contributed by atoms with E-state index in [1.807, 2.05) is 19.1 Å². The van der Waals surface area contributed by atoms with Gasteiger partial charge in [-0.05, 0) is 37.0 Å². The second-order valence-corrected chi connectivity index (χ2v) is 4.90. The Labute approximate surface area is 119 Å². The zero-order valence-electron chi connectivity index (χ0n) is 12.1. The van der Waals surface area contributed by atoms with Crippen molar-refractivity contribution < 1.29 is 9.84 Å². The highest BCUT2D eigenvalue weighted by Gasteiger charge is 2.06. The summed E-state index contributed by atoms with van der Waals surface area (Å²) in [6.07, 6.45) is 2.70. The van der Waals surface area contributed by atoms with E-state index < -0.39 is 0 Å². The topological polar surface area (TPSA) is 55.2 Å². The minimum absolute atomic E-state index is 0.0598. The number of hydrogen-bond donors (Lipinski definition) is 1. The van der Waals surface area contributed by atoms with Gasteiger partial charge in [0.25, 0.3) is 0 Å². The van der Waals surface area contributed by atoms with Crippen LogP contribution < -0.4 is 4.74 Å². The van der Waals surface area contributed by atoms with Crippen LogP contribution in [-0.4, -0.2) is 15.1 Å². The first-order valence-electron chi connectivity index (χ1n) is 6.85. The molecule has 0 radical (unpaired) electrons. The number of benzene rings is 1. The number of nitrogens with zero attached hydrogens (tertiary/aromatic N) is 2. The molecule has 0 aliphatic rings. The summed E-state index contributed by atoms with van der Waals surface area (Å²) in [6.45, 7) is 6.15. The normalized spacial score (nSPS) is 12.2. The fourth-order valence-electron chi connectivity index (χ4n) is 1.88. The van der Waals surface area contributed by atoms with Crippen LogP contribution in [0.25, 0.3) is 0 Å². The molecule has 0 aliphatic carbocycles. The SMILES string of the molecule is CCC(C)c1ccc(Oc2ncc(CO)c(C)n2)cc1. The van der Waals surface area contributed by atoms with Crippen molar-refractivity contribution in [3.8, 4) is 11.8 Å². The third-order valence-corrected chi connectivity index (χ3v) is 3.50. The van der Waals surface area contributed by atoms with Crippen LogP contribution in [0, 0.1) is 6.92 Å². The molecular weight excluding hydrogens is 252 g/mol. The standard InChI is InChI=1S/C16H20N2O2/c1-4-11(2)13-5-7-15(8-6-13)20-16-17-9-14(10-19)12(3)18-16/h5-9,11,19H,4,10H2,1-3H3. The summed E-state index contributed by atoms with van der Waals surface area (Å²) in [5.74, 6) is 1.26. The number of aliphatic hydroxyl groups excluding tert-OH is 1. The number of hydrogen-bond acceptors (Lipinski definition) is 4. The zero-order chi connectivity index (χ0) is 14.5. The first-order chi connectivity index (χ1) is 9.63. The van der Waals surface area contributed by atoms with Gasteiger partial charge in [-0.25, -0.2) is 4.98 Å². The van der Waals surface area contributed by atoms with Crippen molar-refractivity contribution in [2.75, 3.05) is 0 Å². The fraction of sp³-hybridized carbons (Fsp3) is 0.375. The lowest BCUT2D eigenvalue weighted by atomic mass is 9.99. The maximum absolute atomic E-state index is 9.08. The molecule has 2 aromatic rings. The molecule has 1 heterocycles. The molecule has 1 aromatic carbocycles. The first-order valence-corrected chi connectivity index (χ1v) is 6.85. The number of ether oxygens (including phenoxy) is 1. The van der Waals surface area contributed by atoms with Gasteiger partial charge in [0.2, 0.25) is 0 Å². The predicted octanol–water partition coefficient (Wildman–Crippen LogP) is 3.58. The molecule has 4 heteroatoms. The molecule has 20 heavy (non-hydrogen) atoms. The van der Waals surface area contributed by atoms with Gasteiger partial charge in [-0.2, -0.15) is 4.98 Å². The van der Waals surface area contributed by atoms with E-state index in [1.165, 1.54) is 5.56 Å². The van der Waals surface area contributed by atoms with E-state index in [1.54, 1.807) is 6.20 Å². The number of aliphatic hydroxyl groups is 1. The number of rotatable bonds is 5. The van der Waals surface area contributed by atoms with Crippen LogP contribution in [0.5, 0.6) is 11.8 Å². The monoisotopic (exact) mass is 272 g/mol. The van der Waals surface area contributed by atoms with E-state index in [9.17, 15) is 0 Å². The molecule has 0 amide bonds. The highest BCUT2D eigenvalue weighted by molar-refractivity contribution is 5.31. The maximum Gasteiger partial charge on any atom is 0.322 e. The molecule has 0 spiro atoms. The van der Waals surface area contributed by atoms with Crippen LogP contribution in [0.1, 0.15) is 43.0 Å². The Bertz CT molecular complexity index is 567. The highest BCUT2D eigenvalue weighted by Crippen LogP contribution is 2.23. The Hall–Kier alpha value is -1.94. The molecule has 4 nitrogen and oxygen atoms in total. The van der Waals surface area contributed by atoms with Crippen LogP contribution in [-0.2, 0) is 6.61 Å². The average molecular weight is 272 g/mol. The summed E-state index contributed by atoms with van der Waals surface area (Å²) in [4.78, 5) is 8.31. The van der Waals surface area contributed by atoms with E-state index in [2.05, 4.69) is 35.9 Å². The lowest BCUT2D eigenvalue weighted by Crippen LogP contribution is -1.98. The van der Waals surface area contributed by atoms with Crippen molar-refractivity contribution in [1.82, 2.24) is 9.97 Å². The third-order valence-electron chi connectivity index (χ3n) is 3.50. The van der Waals surface area contributed by atoms with Gasteiger partial charge < -0.3 is 9.84 Å². The molecular formula is C16H20N2O2. The van der Waals surface area contributed by atoms with Crippen molar-refractivity contribution in [2.45, 2.75) is 39.7 Å². The van der Waals surface area contributed by atoms with Crippen molar-refractivity contribution in [3.05, 3.63) is 47.3 Å². The van der Waals surface area contributed by atoms with Crippen LogP contribution in [0.15, 0.2) is 30.5 Å². The molecule has 106 valence electrons. The Kier molecular flexibility index (Phi) is 4.69. The second-order valence-electron chi connectivity index (χ2n) is 4.90. The van der Waals surface area contributed by atoms with E-state index in [0.29, 0.717) is 23.2 Å². The van der Waals surface area contributed by atoms with Crippen LogP contribution in [0.2, 0.25) is 0 Å². The van der Waals surface area contributed by atoms with Gasteiger partial charge in [0.15, 0.2) is 0 Å². The molecule has 1 atom stereocenters. The minimum atomic E-state index is -0.0598. The summed E-state index contributed by atoms with van der Waals surface area (Å²) >= 11 is 0. The largest absolute Gasteiger partial charge is 0.424 e. The highest BCUT2D eigenvalue weighted by atomic mass is 16.5. The molecule has 0 bridgehead atoms. The van der Waals surface area contributed by atoms with Gasteiger partial charge in [-0.3, -0.25) is 0 Å². The quantitative estimate of drug-likeness (QED) is 0.903. The predicted molar refractivity (Wildman–Crippen MR) is 77.9 cm³/mol. The van der Waals surface area contributed by atoms with Crippen LogP contribution in [0.4, 0.5) is 0 Å². The summed E-state index contributed by atoms with van der Waals surface area (Å²) in [6, 6.07) is 8.30. The fourth-order valence-corrected chi connectivity index (χ4v) is 1.88. The number of aromatic nitrogens is 2. The lowest BCUT2D eigenvalue weighted by Gasteiger charge is -2.10. The van der Waals surface area contributed by atoms with Gasteiger partial charge in [-0.1, -0.05) is 26.0 Å². The Balaban J connectivity index is 2.12. The smallest absolute Gasteiger partial charge is 0.322 e. The van der Waals surface area contributed by atoms with Gasteiger partial charge in [0.05, 0.1) is 12.3 Å².